The Labute approximate surface area is 167 Å². The van der Waals surface area contributed by atoms with Gasteiger partial charge in [-0.15, -0.1) is 0 Å². The van der Waals surface area contributed by atoms with Crippen LogP contribution in [0.5, 0.6) is 5.75 Å². The lowest BCUT2D eigenvalue weighted by Gasteiger charge is -2.10. The van der Waals surface area contributed by atoms with Crippen molar-refractivity contribution in [3.8, 4) is 5.75 Å². The highest BCUT2D eigenvalue weighted by Gasteiger charge is 2.30. The van der Waals surface area contributed by atoms with Gasteiger partial charge in [-0.3, -0.25) is 9.69 Å². The maximum atomic E-state index is 12.0. The molecule has 1 saturated heterocycles. The number of ether oxygens (including phenoxy) is 1. The van der Waals surface area contributed by atoms with Crippen LogP contribution in [0.3, 0.4) is 0 Å². The van der Waals surface area contributed by atoms with Gasteiger partial charge >= 0.3 is 6.03 Å². The lowest BCUT2D eigenvalue weighted by molar-refractivity contribution is -0.121. The second-order valence-electron chi connectivity index (χ2n) is 5.45. The third kappa shape index (κ3) is 4.21. The fourth-order valence-corrected chi connectivity index (χ4v) is 3.02. The number of rotatable bonds is 4. The minimum atomic E-state index is -0.437. The van der Waals surface area contributed by atoms with E-state index in [1.54, 1.807) is 6.08 Å². The Morgan fingerprint density at radius 3 is 2.56 bits per heavy atom. The predicted octanol–water partition coefficient (Wildman–Crippen LogP) is 4.16. The number of hydrogen-bond acceptors (Lipinski definition) is 3. The number of halogens is 2. The topological polar surface area (TPSA) is 58.6 Å². The molecule has 1 aliphatic rings. The number of hydrogen-bond donors (Lipinski definition) is 1. The molecule has 3 rings (SSSR count). The van der Waals surface area contributed by atoms with E-state index in [1.807, 2.05) is 42.5 Å². The molecule has 0 aliphatic carbocycles. The van der Waals surface area contributed by atoms with Crippen molar-refractivity contribution >= 4 is 56.5 Å². The lowest BCUT2D eigenvalue weighted by atomic mass is 10.1. The minimum absolute atomic E-state index is 0.227. The van der Waals surface area contributed by atoms with Crippen LogP contribution in [0.25, 0.3) is 6.08 Å². The van der Waals surface area contributed by atoms with E-state index in [-0.39, 0.29) is 11.6 Å². The van der Waals surface area contributed by atoms with Crippen molar-refractivity contribution in [2.75, 3.05) is 7.05 Å². The number of carbonyl (C=O) groups excluding carboxylic acids is 2. The Morgan fingerprint density at radius 2 is 1.92 bits per heavy atom. The first-order valence-electron chi connectivity index (χ1n) is 7.41. The zero-order valence-electron chi connectivity index (χ0n) is 13.3. The molecular formula is C18H14BrIN2O3. The van der Waals surface area contributed by atoms with Gasteiger partial charge in [0.15, 0.2) is 0 Å². The third-order valence-corrected chi connectivity index (χ3v) is 4.87. The molecule has 1 fully saturated rings. The molecule has 7 heteroatoms. The fourth-order valence-electron chi connectivity index (χ4n) is 2.28. The summed E-state index contributed by atoms with van der Waals surface area (Å²) in [4.78, 5) is 24.7. The predicted molar refractivity (Wildman–Crippen MR) is 107 cm³/mol. The standard InChI is InChI=1S/C18H14BrIN2O3/c1-22-17(23)15(21-18(22)24)9-12-8-13(19)4-7-16(12)25-10-11-2-5-14(20)6-3-11/h2-9H,10H2,1H3,(H,21,24)/b15-9+. The van der Waals surface area contributed by atoms with Crippen molar-refractivity contribution in [3.63, 3.8) is 0 Å². The number of amides is 3. The van der Waals surface area contributed by atoms with Crippen LogP contribution < -0.4 is 10.1 Å². The number of urea groups is 1. The molecule has 0 bridgehead atoms. The van der Waals surface area contributed by atoms with Gasteiger partial charge in [0.1, 0.15) is 18.1 Å². The van der Waals surface area contributed by atoms with Crippen molar-refractivity contribution in [2.45, 2.75) is 6.61 Å². The number of benzene rings is 2. The molecule has 5 nitrogen and oxygen atoms in total. The highest BCUT2D eigenvalue weighted by Crippen LogP contribution is 2.27. The van der Waals surface area contributed by atoms with Gasteiger partial charge in [0, 0.05) is 20.7 Å². The summed E-state index contributed by atoms with van der Waals surface area (Å²) in [6.07, 6.45) is 1.62. The van der Waals surface area contributed by atoms with Gasteiger partial charge in [0.2, 0.25) is 0 Å². The number of nitrogens with zero attached hydrogens (tertiary/aromatic N) is 1. The molecule has 2 aromatic carbocycles. The third-order valence-electron chi connectivity index (χ3n) is 3.66. The van der Waals surface area contributed by atoms with E-state index >= 15 is 0 Å². The van der Waals surface area contributed by atoms with Gasteiger partial charge in [-0.25, -0.2) is 4.79 Å². The minimum Gasteiger partial charge on any atom is -0.488 e. The van der Waals surface area contributed by atoms with Gasteiger partial charge in [-0.1, -0.05) is 28.1 Å². The molecule has 1 heterocycles. The van der Waals surface area contributed by atoms with Gasteiger partial charge < -0.3 is 10.1 Å². The van der Waals surface area contributed by atoms with Crippen molar-refractivity contribution < 1.29 is 14.3 Å². The summed E-state index contributed by atoms with van der Waals surface area (Å²) in [6.45, 7) is 0.412. The Balaban J connectivity index is 1.84. The first-order chi connectivity index (χ1) is 11.9. The van der Waals surface area contributed by atoms with E-state index in [0.29, 0.717) is 17.9 Å². The smallest absolute Gasteiger partial charge is 0.328 e. The maximum absolute atomic E-state index is 12.0. The molecule has 1 N–H and O–H groups in total. The highest BCUT2D eigenvalue weighted by atomic mass is 127. The van der Waals surface area contributed by atoms with E-state index in [0.717, 1.165) is 18.5 Å². The average molecular weight is 513 g/mol. The van der Waals surface area contributed by atoms with Gasteiger partial charge in [0.25, 0.3) is 5.91 Å². The first kappa shape index (κ1) is 17.9. The number of carbonyl (C=O) groups is 2. The Bertz CT molecular complexity index is 865. The molecule has 0 unspecified atom stereocenters. The largest absolute Gasteiger partial charge is 0.488 e. The lowest BCUT2D eigenvalue weighted by Crippen LogP contribution is -2.25. The summed E-state index contributed by atoms with van der Waals surface area (Å²) in [7, 11) is 1.44. The van der Waals surface area contributed by atoms with E-state index < -0.39 is 6.03 Å². The number of likely N-dealkylation sites (N-methyl/N-ethyl adjacent to an activating group) is 1. The molecule has 128 valence electrons. The molecule has 0 aromatic heterocycles. The monoisotopic (exact) mass is 512 g/mol. The Kier molecular flexibility index (Phi) is 5.43. The zero-order chi connectivity index (χ0) is 18.0. The zero-order valence-corrected chi connectivity index (χ0v) is 17.0. The maximum Gasteiger partial charge on any atom is 0.328 e. The van der Waals surface area contributed by atoms with Gasteiger partial charge in [-0.05, 0) is 64.6 Å². The van der Waals surface area contributed by atoms with E-state index in [4.69, 9.17) is 4.74 Å². The normalized spacial score (nSPS) is 15.6. The second-order valence-corrected chi connectivity index (χ2v) is 7.61. The summed E-state index contributed by atoms with van der Waals surface area (Å²) < 4.78 is 7.93. The van der Waals surface area contributed by atoms with Crippen LogP contribution in [-0.4, -0.2) is 23.9 Å². The van der Waals surface area contributed by atoms with Crippen LogP contribution in [0.15, 0.2) is 52.6 Å². The summed E-state index contributed by atoms with van der Waals surface area (Å²) >= 11 is 5.67. The SMILES string of the molecule is CN1C(=O)N/C(=C/c2cc(Br)ccc2OCc2ccc(I)cc2)C1=O. The average Bonchev–Trinajstić information content (AvgIpc) is 2.83. The Hall–Kier alpha value is -1.87. The summed E-state index contributed by atoms with van der Waals surface area (Å²) in [5.41, 5.74) is 1.98. The number of imide groups is 1. The van der Waals surface area contributed by atoms with E-state index in [9.17, 15) is 9.59 Å². The molecule has 2 aromatic rings. The molecule has 3 amide bonds. The fraction of sp³-hybridized carbons (Fsp3) is 0.111. The van der Waals surface area contributed by atoms with E-state index in [1.165, 1.54) is 7.05 Å². The van der Waals surface area contributed by atoms with Crippen LogP contribution in [-0.2, 0) is 11.4 Å². The summed E-state index contributed by atoms with van der Waals surface area (Å²) in [5.74, 6) is 0.263. The van der Waals surface area contributed by atoms with E-state index in [2.05, 4.69) is 43.8 Å². The highest BCUT2D eigenvalue weighted by molar-refractivity contribution is 14.1. The van der Waals surface area contributed by atoms with Crippen molar-refractivity contribution in [1.29, 1.82) is 0 Å². The summed E-state index contributed by atoms with van der Waals surface area (Å²) in [6, 6.07) is 13.2. The van der Waals surface area contributed by atoms with Crippen LogP contribution in [0.1, 0.15) is 11.1 Å². The molecule has 25 heavy (non-hydrogen) atoms. The molecular weight excluding hydrogens is 499 g/mol. The van der Waals surface area contributed by atoms with Crippen LogP contribution in [0.2, 0.25) is 0 Å². The first-order valence-corrected chi connectivity index (χ1v) is 9.29. The number of nitrogens with one attached hydrogen (secondary N) is 1. The van der Waals surface area contributed by atoms with Gasteiger partial charge in [0.05, 0.1) is 0 Å². The van der Waals surface area contributed by atoms with Crippen LogP contribution in [0, 0.1) is 3.57 Å². The molecule has 0 spiro atoms. The van der Waals surface area contributed by atoms with Crippen LogP contribution >= 0.6 is 38.5 Å². The molecule has 0 atom stereocenters. The van der Waals surface area contributed by atoms with Crippen molar-refractivity contribution in [3.05, 3.63) is 67.3 Å². The molecule has 0 saturated carbocycles. The van der Waals surface area contributed by atoms with Gasteiger partial charge in [-0.2, -0.15) is 0 Å². The van der Waals surface area contributed by atoms with Crippen molar-refractivity contribution in [2.24, 2.45) is 0 Å². The summed E-state index contributed by atoms with van der Waals surface area (Å²) in [5, 5.41) is 2.56. The quantitative estimate of drug-likeness (QED) is 0.380. The molecule has 0 radical (unpaired) electrons. The second kappa shape index (κ2) is 7.57. The Morgan fingerprint density at radius 1 is 1.20 bits per heavy atom. The molecule has 1 aliphatic heterocycles. The van der Waals surface area contributed by atoms with Crippen LogP contribution in [0.4, 0.5) is 4.79 Å². The van der Waals surface area contributed by atoms with Crippen molar-refractivity contribution in [1.82, 2.24) is 10.2 Å².